The van der Waals surface area contributed by atoms with Crippen molar-refractivity contribution < 1.29 is 13.2 Å². The van der Waals surface area contributed by atoms with Crippen LogP contribution in [0.1, 0.15) is 37.1 Å². The summed E-state index contributed by atoms with van der Waals surface area (Å²) in [6.45, 7) is 3.27. The lowest BCUT2D eigenvalue weighted by Crippen LogP contribution is -2.32. The molecule has 0 spiro atoms. The van der Waals surface area contributed by atoms with Crippen molar-refractivity contribution in [3.63, 3.8) is 0 Å². The predicted molar refractivity (Wildman–Crippen MR) is 103 cm³/mol. The van der Waals surface area contributed by atoms with Gasteiger partial charge in [-0.25, -0.2) is 4.98 Å². The number of hydrogen-bond donors (Lipinski definition) is 2. The zero-order valence-corrected chi connectivity index (χ0v) is 15.6. The molecule has 1 saturated heterocycles. The molecular formula is C18H20F3N5S. The third kappa shape index (κ3) is 5.06. The van der Waals surface area contributed by atoms with Gasteiger partial charge >= 0.3 is 6.18 Å². The lowest BCUT2D eigenvalue weighted by Gasteiger charge is -2.20. The minimum Gasteiger partial charge on any atom is -0.356 e. The van der Waals surface area contributed by atoms with Gasteiger partial charge in [0.25, 0.3) is 0 Å². The lowest BCUT2D eigenvalue weighted by atomic mass is 10.1. The van der Waals surface area contributed by atoms with Crippen molar-refractivity contribution in [2.45, 2.75) is 32.0 Å². The predicted octanol–water partition coefficient (Wildman–Crippen LogP) is 4.14. The quantitative estimate of drug-likeness (QED) is 0.759. The number of halogens is 3. The van der Waals surface area contributed by atoms with Crippen LogP contribution in [0.2, 0.25) is 0 Å². The maximum atomic E-state index is 13.2. The summed E-state index contributed by atoms with van der Waals surface area (Å²) >= 11 is 5.23. The van der Waals surface area contributed by atoms with Gasteiger partial charge in [-0.1, -0.05) is 30.3 Å². The Bertz CT molecular complexity index is 791. The van der Waals surface area contributed by atoms with Gasteiger partial charge in [-0.05, 0) is 37.5 Å². The fourth-order valence-corrected chi connectivity index (χ4v) is 3.17. The molecular weight excluding hydrogens is 375 g/mol. The molecule has 5 nitrogen and oxygen atoms in total. The van der Waals surface area contributed by atoms with Crippen LogP contribution in [0.15, 0.2) is 36.4 Å². The van der Waals surface area contributed by atoms with Gasteiger partial charge in [-0.15, -0.1) is 0 Å². The molecule has 27 heavy (non-hydrogen) atoms. The number of thiocarbonyl (C=S) groups is 1. The summed E-state index contributed by atoms with van der Waals surface area (Å²) in [6, 6.07) is 10.5. The molecule has 2 N–H and O–H groups in total. The molecule has 2 heterocycles. The largest absolute Gasteiger partial charge is 0.433 e. The molecule has 9 heteroatoms. The first-order valence-electron chi connectivity index (χ1n) is 8.66. The van der Waals surface area contributed by atoms with Crippen LogP contribution in [0.3, 0.4) is 0 Å². The number of rotatable bonds is 4. The van der Waals surface area contributed by atoms with Crippen molar-refractivity contribution in [2.24, 2.45) is 0 Å². The normalized spacial score (nSPS) is 15.5. The van der Waals surface area contributed by atoms with Gasteiger partial charge in [0.2, 0.25) is 5.95 Å². The highest BCUT2D eigenvalue weighted by Crippen LogP contribution is 2.31. The first-order valence-corrected chi connectivity index (χ1v) is 9.07. The second-order valence-corrected chi connectivity index (χ2v) is 6.77. The lowest BCUT2D eigenvalue weighted by molar-refractivity contribution is -0.141. The highest BCUT2D eigenvalue weighted by molar-refractivity contribution is 7.80. The van der Waals surface area contributed by atoms with E-state index in [-0.39, 0.29) is 22.9 Å². The second-order valence-electron chi connectivity index (χ2n) is 6.36. The molecule has 0 unspecified atom stereocenters. The molecule has 144 valence electrons. The summed E-state index contributed by atoms with van der Waals surface area (Å²) in [5.74, 6) is 0.0979. The highest BCUT2D eigenvalue weighted by atomic mass is 32.1. The zero-order valence-electron chi connectivity index (χ0n) is 14.8. The maximum absolute atomic E-state index is 13.2. The van der Waals surface area contributed by atoms with E-state index < -0.39 is 11.9 Å². The van der Waals surface area contributed by atoms with Gasteiger partial charge in [0, 0.05) is 19.2 Å². The Labute approximate surface area is 161 Å². The van der Waals surface area contributed by atoms with Crippen molar-refractivity contribution in [3.8, 4) is 0 Å². The van der Waals surface area contributed by atoms with E-state index in [1.807, 2.05) is 42.2 Å². The number of aromatic nitrogens is 2. The van der Waals surface area contributed by atoms with Crippen molar-refractivity contribution in [3.05, 3.63) is 47.7 Å². The molecule has 3 rings (SSSR count). The van der Waals surface area contributed by atoms with E-state index in [4.69, 9.17) is 12.2 Å². The van der Waals surface area contributed by atoms with Crippen LogP contribution >= 0.6 is 12.2 Å². The number of nitrogens with zero attached hydrogens (tertiary/aromatic N) is 3. The first-order chi connectivity index (χ1) is 12.8. The molecule has 1 fully saturated rings. The van der Waals surface area contributed by atoms with Crippen LogP contribution in [0, 0.1) is 0 Å². The molecule has 1 atom stereocenters. The van der Waals surface area contributed by atoms with E-state index in [0.29, 0.717) is 13.1 Å². The van der Waals surface area contributed by atoms with Crippen molar-refractivity contribution in [1.82, 2.24) is 15.3 Å². The third-order valence-electron chi connectivity index (χ3n) is 4.31. The number of alkyl halides is 3. The Morgan fingerprint density at radius 2 is 1.81 bits per heavy atom. The molecule has 0 bridgehead atoms. The van der Waals surface area contributed by atoms with E-state index in [1.165, 1.54) is 0 Å². The summed E-state index contributed by atoms with van der Waals surface area (Å²) in [4.78, 5) is 9.64. The molecule has 1 aliphatic heterocycles. The van der Waals surface area contributed by atoms with E-state index in [9.17, 15) is 13.2 Å². The minimum absolute atomic E-state index is 0.116. The van der Waals surface area contributed by atoms with Crippen LogP contribution in [0.25, 0.3) is 0 Å². The SMILES string of the molecule is C[C@H](NC(=S)Nc1nc(N2CCCC2)cc(C(F)(F)F)n1)c1ccccc1. The Balaban J connectivity index is 1.76. The molecule has 1 aromatic carbocycles. The standard InChI is InChI=1S/C18H20F3N5S/c1-12(13-7-3-2-4-8-13)22-17(27)25-16-23-14(18(19,20)21)11-15(24-16)26-9-5-6-10-26/h2-4,7-8,11-12H,5-6,9-10H2,1H3,(H2,22,23,24,25,27)/t12-/m0/s1. The molecule has 0 radical (unpaired) electrons. The Morgan fingerprint density at radius 1 is 1.15 bits per heavy atom. The van der Waals surface area contributed by atoms with Gasteiger partial charge in [0.05, 0.1) is 6.04 Å². The first kappa shape index (κ1) is 19.3. The monoisotopic (exact) mass is 395 g/mol. The van der Waals surface area contributed by atoms with Crippen LogP contribution in [-0.4, -0.2) is 28.2 Å². The summed E-state index contributed by atoms with van der Waals surface area (Å²) in [5, 5.41) is 5.89. The van der Waals surface area contributed by atoms with Crippen LogP contribution in [-0.2, 0) is 6.18 Å². The topological polar surface area (TPSA) is 53.1 Å². The molecule has 0 aliphatic carbocycles. The molecule has 2 aromatic rings. The van der Waals surface area contributed by atoms with E-state index >= 15 is 0 Å². The van der Waals surface area contributed by atoms with Gasteiger partial charge in [-0.2, -0.15) is 18.2 Å². The average molecular weight is 395 g/mol. The average Bonchev–Trinajstić information content (AvgIpc) is 3.16. The fraction of sp³-hybridized carbons (Fsp3) is 0.389. The maximum Gasteiger partial charge on any atom is 0.433 e. The Kier molecular flexibility index (Phi) is 5.79. The van der Waals surface area contributed by atoms with E-state index in [0.717, 1.165) is 24.5 Å². The zero-order chi connectivity index (χ0) is 19.4. The molecule has 0 saturated carbocycles. The molecule has 1 aliphatic rings. The van der Waals surface area contributed by atoms with Gasteiger partial charge in [0.15, 0.2) is 10.8 Å². The van der Waals surface area contributed by atoms with Crippen LogP contribution < -0.4 is 15.5 Å². The van der Waals surface area contributed by atoms with Crippen molar-refractivity contribution in [2.75, 3.05) is 23.3 Å². The minimum atomic E-state index is -4.56. The smallest absolute Gasteiger partial charge is 0.356 e. The molecule has 0 amide bonds. The number of nitrogens with one attached hydrogen (secondary N) is 2. The third-order valence-corrected chi connectivity index (χ3v) is 4.53. The van der Waals surface area contributed by atoms with Crippen molar-refractivity contribution >= 4 is 29.1 Å². The van der Waals surface area contributed by atoms with E-state index in [2.05, 4.69) is 20.6 Å². The molecule has 1 aromatic heterocycles. The summed E-state index contributed by atoms with van der Waals surface area (Å²) < 4.78 is 39.7. The van der Waals surface area contributed by atoms with Gasteiger partial charge in [0.1, 0.15) is 5.82 Å². The van der Waals surface area contributed by atoms with Crippen molar-refractivity contribution in [1.29, 1.82) is 0 Å². The van der Waals surface area contributed by atoms with Gasteiger partial charge < -0.3 is 15.5 Å². The Hall–Kier alpha value is -2.42. The van der Waals surface area contributed by atoms with Gasteiger partial charge in [-0.3, -0.25) is 0 Å². The summed E-state index contributed by atoms with van der Waals surface area (Å²) in [6.07, 6.45) is -2.69. The number of anilines is 2. The van der Waals surface area contributed by atoms with Crippen LogP contribution in [0.5, 0.6) is 0 Å². The fourth-order valence-electron chi connectivity index (χ4n) is 2.90. The second kappa shape index (κ2) is 8.08. The van der Waals surface area contributed by atoms with E-state index in [1.54, 1.807) is 0 Å². The van der Waals surface area contributed by atoms with Crippen LogP contribution in [0.4, 0.5) is 24.9 Å². The number of benzene rings is 1. The number of hydrogen-bond acceptors (Lipinski definition) is 4. The summed E-state index contributed by atoms with van der Waals surface area (Å²) in [7, 11) is 0. The summed E-state index contributed by atoms with van der Waals surface area (Å²) in [5.41, 5.74) is 0.0187. The Morgan fingerprint density at radius 3 is 2.44 bits per heavy atom. The highest BCUT2D eigenvalue weighted by Gasteiger charge is 2.34.